The summed E-state index contributed by atoms with van der Waals surface area (Å²) < 4.78 is 0. The van der Waals surface area contributed by atoms with E-state index in [-0.39, 0.29) is 5.28 Å². The van der Waals surface area contributed by atoms with Gasteiger partial charge in [-0.15, -0.1) is 10.2 Å². The zero-order chi connectivity index (χ0) is 12.4. The molecule has 1 aliphatic heterocycles. The summed E-state index contributed by atoms with van der Waals surface area (Å²) >= 11 is 11.7. The van der Waals surface area contributed by atoms with Crippen molar-refractivity contribution in [3.05, 3.63) is 10.4 Å². The summed E-state index contributed by atoms with van der Waals surface area (Å²) in [6, 6.07) is 0.621. The molecule has 94 valence electrons. The molecule has 5 nitrogen and oxygen atoms in total. The lowest BCUT2D eigenvalue weighted by atomic mass is 10.0. The zero-order valence-corrected chi connectivity index (χ0v) is 11.4. The van der Waals surface area contributed by atoms with Crippen molar-refractivity contribution in [1.82, 2.24) is 20.1 Å². The van der Waals surface area contributed by atoms with Crippen molar-refractivity contribution < 1.29 is 0 Å². The molecule has 0 atom stereocenters. The third kappa shape index (κ3) is 2.97. The maximum atomic E-state index is 5.98. The lowest BCUT2D eigenvalue weighted by Gasteiger charge is -2.35. The fourth-order valence-corrected chi connectivity index (χ4v) is 2.40. The van der Waals surface area contributed by atoms with Gasteiger partial charge in [0, 0.05) is 19.1 Å². The number of hydrogen-bond donors (Lipinski definition) is 0. The predicted molar refractivity (Wildman–Crippen MR) is 68.8 cm³/mol. The third-order valence-electron chi connectivity index (χ3n) is 3.10. The van der Waals surface area contributed by atoms with Crippen LogP contribution in [0.4, 0.5) is 5.82 Å². The highest BCUT2D eigenvalue weighted by Crippen LogP contribution is 2.25. The van der Waals surface area contributed by atoms with Gasteiger partial charge in [0.2, 0.25) is 5.28 Å². The molecule has 0 saturated carbocycles. The van der Waals surface area contributed by atoms with Crippen LogP contribution in [-0.4, -0.2) is 53.3 Å². The Morgan fingerprint density at radius 1 is 1.18 bits per heavy atom. The lowest BCUT2D eigenvalue weighted by Crippen LogP contribution is -2.42. The van der Waals surface area contributed by atoms with Gasteiger partial charge in [0.15, 0.2) is 11.0 Å². The minimum Gasteiger partial charge on any atom is -0.354 e. The monoisotopic (exact) mass is 275 g/mol. The average Bonchev–Trinajstić information content (AvgIpc) is 2.32. The van der Waals surface area contributed by atoms with Crippen LogP contribution in [0.15, 0.2) is 0 Å². The molecule has 1 aromatic heterocycles. The van der Waals surface area contributed by atoms with Gasteiger partial charge in [-0.2, -0.15) is 4.98 Å². The first-order chi connectivity index (χ1) is 8.08. The van der Waals surface area contributed by atoms with Gasteiger partial charge in [0.05, 0.1) is 0 Å². The van der Waals surface area contributed by atoms with Crippen molar-refractivity contribution in [3.8, 4) is 0 Å². The van der Waals surface area contributed by atoms with E-state index in [4.69, 9.17) is 23.2 Å². The van der Waals surface area contributed by atoms with E-state index in [9.17, 15) is 0 Å². The number of anilines is 1. The van der Waals surface area contributed by atoms with Crippen LogP contribution < -0.4 is 4.90 Å². The molecule has 0 aliphatic carbocycles. The number of aromatic nitrogens is 3. The minimum atomic E-state index is 0.138. The van der Waals surface area contributed by atoms with E-state index in [0.29, 0.717) is 17.0 Å². The van der Waals surface area contributed by atoms with E-state index in [1.807, 2.05) is 0 Å². The fraction of sp³-hybridized carbons (Fsp3) is 0.700. The van der Waals surface area contributed by atoms with Crippen LogP contribution in [-0.2, 0) is 0 Å². The first-order valence-electron chi connectivity index (χ1n) is 5.55. The number of nitrogens with zero attached hydrogens (tertiary/aromatic N) is 5. The zero-order valence-electron chi connectivity index (χ0n) is 9.90. The molecule has 1 aliphatic rings. The third-order valence-corrected chi connectivity index (χ3v) is 3.50. The molecule has 1 aromatic rings. The summed E-state index contributed by atoms with van der Waals surface area (Å²) in [5.74, 6) is 0.642. The van der Waals surface area contributed by atoms with Gasteiger partial charge in [-0.25, -0.2) is 0 Å². The van der Waals surface area contributed by atoms with Crippen molar-refractivity contribution >= 4 is 29.0 Å². The van der Waals surface area contributed by atoms with Crippen molar-refractivity contribution in [1.29, 1.82) is 0 Å². The molecule has 7 heteroatoms. The number of piperidine rings is 1. The molecule has 2 heterocycles. The van der Waals surface area contributed by atoms with Crippen LogP contribution in [0.3, 0.4) is 0 Å². The fourth-order valence-electron chi connectivity index (χ4n) is 2.08. The standard InChI is InChI=1S/C10H15Cl2N5/c1-16(2)7-3-5-17(6-4-7)9-8(11)14-15-10(12)13-9/h7H,3-6H2,1-2H3. The smallest absolute Gasteiger partial charge is 0.245 e. The Kier molecular flexibility index (Phi) is 4.01. The second kappa shape index (κ2) is 5.33. The van der Waals surface area contributed by atoms with E-state index in [1.54, 1.807) is 0 Å². The summed E-state index contributed by atoms with van der Waals surface area (Å²) in [4.78, 5) is 8.51. The largest absolute Gasteiger partial charge is 0.354 e. The average molecular weight is 276 g/mol. The Morgan fingerprint density at radius 3 is 2.41 bits per heavy atom. The summed E-state index contributed by atoms with van der Waals surface area (Å²) in [6.07, 6.45) is 2.18. The van der Waals surface area contributed by atoms with Crippen LogP contribution in [0.5, 0.6) is 0 Å². The Bertz CT molecular complexity index is 390. The topological polar surface area (TPSA) is 45.2 Å². The number of rotatable bonds is 2. The Hall–Kier alpha value is -0.650. The molecular formula is C10H15Cl2N5. The van der Waals surface area contributed by atoms with Gasteiger partial charge in [-0.3, -0.25) is 0 Å². The maximum absolute atomic E-state index is 5.98. The molecule has 0 bridgehead atoms. The normalized spacial score (nSPS) is 17.8. The second-order valence-corrected chi connectivity index (χ2v) is 5.07. The van der Waals surface area contributed by atoms with Crippen molar-refractivity contribution in [3.63, 3.8) is 0 Å². The number of halogens is 2. The first-order valence-corrected chi connectivity index (χ1v) is 6.30. The summed E-state index contributed by atoms with van der Waals surface area (Å²) in [7, 11) is 4.22. The highest BCUT2D eigenvalue weighted by atomic mass is 35.5. The molecule has 0 spiro atoms. The van der Waals surface area contributed by atoms with Crippen molar-refractivity contribution in [2.75, 3.05) is 32.1 Å². The molecule has 17 heavy (non-hydrogen) atoms. The molecule has 2 rings (SSSR count). The summed E-state index contributed by atoms with van der Waals surface area (Å²) in [5.41, 5.74) is 0. The van der Waals surface area contributed by atoms with Gasteiger partial charge >= 0.3 is 0 Å². The van der Waals surface area contributed by atoms with Crippen molar-refractivity contribution in [2.24, 2.45) is 0 Å². The van der Waals surface area contributed by atoms with Crippen LogP contribution in [0, 0.1) is 0 Å². The highest BCUT2D eigenvalue weighted by Gasteiger charge is 2.23. The van der Waals surface area contributed by atoms with Gasteiger partial charge in [-0.1, -0.05) is 11.6 Å². The molecular weight excluding hydrogens is 261 g/mol. The van der Waals surface area contributed by atoms with Crippen LogP contribution in [0.1, 0.15) is 12.8 Å². The summed E-state index contributed by atoms with van der Waals surface area (Å²) in [5, 5.41) is 7.85. The first kappa shape index (κ1) is 12.8. The Labute approximate surface area is 111 Å². The Morgan fingerprint density at radius 2 is 1.82 bits per heavy atom. The van der Waals surface area contributed by atoms with Gasteiger partial charge in [0.1, 0.15) is 0 Å². The van der Waals surface area contributed by atoms with E-state index in [2.05, 4.69) is 39.1 Å². The predicted octanol–water partition coefficient (Wildman–Crippen LogP) is 1.71. The molecule has 0 unspecified atom stereocenters. The van der Waals surface area contributed by atoms with E-state index in [1.165, 1.54) is 0 Å². The van der Waals surface area contributed by atoms with Gasteiger partial charge < -0.3 is 9.80 Å². The van der Waals surface area contributed by atoms with Crippen molar-refractivity contribution in [2.45, 2.75) is 18.9 Å². The van der Waals surface area contributed by atoms with Crippen LogP contribution >= 0.6 is 23.2 Å². The van der Waals surface area contributed by atoms with E-state index < -0.39 is 0 Å². The molecule has 0 aromatic carbocycles. The Balaban J connectivity index is 2.07. The van der Waals surface area contributed by atoms with Crippen LogP contribution in [0.2, 0.25) is 10.4 Å². The van der Waals surface area contributed by atoms with E-state index in [0.717, 1.165) is 25.9 Å². The lowest BCUT2D eigenvalue weighted by molar-refractivity contribution is 0.249. The highest BCUT2D eigenvalue weighted by molar-refractivity contribution is 6.32. The van der Waals surface area contributed by atoms with E-state index >= 15 is 0 Å². The second-order valence-electron chi connectivity index (χ2n) is 4.38. The molecule has 0 amide bonds. The molecule has 1 fully saturated rings. The molecule has 0 N–H and O–H groups in total. The minimum absolute atomic E-state index is 0.138. The quantitative estimate of drug-likeness (QED) is 0.822. The molecule has 0 radical (unpaired) electrons. The summed E-state index contributed by atoms with van der Waals surface area (Å²) in [6.45, 7) is 1.83. The van der Waals surface area contributed by atoms with Crippen LogP contribution in [0.25, 0.3) is 0 Å². The number of hydrogen-bond acceptors (Lipinski definition) is 5. The van der Waals surface area contributed by atoms with Gasteiger partial charge in [0.25, 0.3) is 0 Å². The molecule has 1 saturated heterocycles. The van der Waals surface area contributed by atoms with Gasteiger partial charge in [-0.05, 0) is 38.5 Å². The maximum Gasteiger partial charge on any atom is 0.245 e. The SMILES string of the molecule is CN(C)C1CCN(c2nc(Cl)nnc2Cl)CC1.